The number of carbonyl (C=O) groups excluding carboxylic acids is 1. The molecule has 4 rings (SSSR count). The molecule has 1 atom stereocenters. The predicted molar refractivity (Wildman–Crippen MR) is 120 cm³/mol. The number of amides is 1. The number of fused-ring (bicyclic) bond motifs is 3. The van der Waals surface area contributed by atoms with Crippen molar-refractivity contribution in [3.63, 3.8) is 0 Å². The zero-order valence-corrected chi connectivity index (χ0v) is 18.4. The standard InChI is InChI=1S/C23H23N3O3S/c1-12-13(2)24-23(25-14(12)3)30-15(4)22(27)26-18-11-20-17(10-21(18)28-5)16-8-6-7-9-19(16)29-20/h6-11,15H,1-5H3,(H,26,27). The largest absolute Gasteiger partial charge is 0.495 e. The Bertz CT molecular complexity index is 1240. The summed E-state index contributed by atoms with van der Waals surface area (Å²) in [6.07, 6.45) is 0. The zero-order valence-electron chi connectivity index (χ0n) is 17.6. The maximum absolute atomic E-state index is 12.9. The molecule has 0 radical (unpaired) electrons. The summed E-state index contributed by atoms with van der Waals surface area (Å²) in [5.74, 6) is 0.422. The van der Waals surface area contributed by atoms with Crippen molar-refractivity contribution in [2.45, 2.75) is 38.1 Å². The maximum Gasteiger partial charge on any atom is 0.237 e. The van der Waals surface area contributed by atoms with E-state index in [9.17, 15) is 4.79 Å². The highest BCUT2D eigenvalue weighted by molar-refractivity contribution is 8.00. The molecular weight excluding hydrogens is 398 g/mol. The van der Waals surface area contributed by atoms with Gasteiger partial charge in [0.1, 0.15) is 16.9 Å². The van der Waals surface area contributed by atoms with E-state index in [1.807, 2.05) is 58.0 Å². The maximum atomic E-state index is 12.9. The molecule has 0 spiro atoms. The lowest BCUT2D eigenvalue weighted by molar-refractivity contribution is -0.115. The molecule has 1 amide bonds. The van der Waals surface area contributed by atoms with Crippen molar-refractivity contribution in [1.29, 1.82) is 0 Å². The SMILES string of the molecule is COc1cc2c(cc1NC(=O)C(C)Sc1nc(C)c(C)c(C)n1)oc1ccccc12. The van der Waals surface area contributed by atoms with Gasteiger partial charge in [-0.1, -0.05) is 30.0 Å². The van der Waals surface area contributed by atoms with Crippen LogP contribution in [0.5, 0.6) is 5.75 Å². The van der Waals surface area contributed by atoms with Gasteiger partial charge in [-0.15, -0.1) is 0 Å². The van der Waals surface area contributed by atoms with Crippen LogP contribution in [0.4, 0.5) is 5.69 Å². The molecule has 7 heteroatoms. The van der Waals surface area contributed by atoms with Crippen molar-refractivity contribution in [2.75, 3.05) is 12.4 Å². The number of nitrogens with zero attached hydrogens (tertiary/aromatic N) is 2. The first-order valence-corrected chi connectivity index (χ1v) is 10.5. The van der Waals surface area contributed by atoms with E-state index in [-0.39, 0.29) is 11.2 Å². The molecule has 0 aliphatic heterocycles. The van der Waals surface area contributed by atoms with Gasteiger partial charge in [0.15, 0.2) is 5.16 Å². The Morgan fingerprint density at radius 1 is 1.07 bits per heavy atom. The molecule has 2 aromatic heterocycles. The van der Waals surface area contributed by atoms with Gasteiger partial charge in [-0.2, -0.15) is 0 Å². The molecule has 6 nitrogen and oxygen atoms in total. The number of benzene rings is 2. The third-order valence-electron chi connectivity index (χ3n) is 5.22. The van der Waals surface area contributed by atoms with Crippen LogP contribution in [-0.4, -0.2) is 28.2 Å². The second-order valence-corrected chi connectivity index (χ2v) is 8.51. The van der Waals surface area contributed by atoms with Gasteiger partial charge in [0.25, 0.3) is 0 Å². The molecule has 2 heterocycles. The number of hydrogen-bond acceptors (Lipinski definition) is 6. The van der Waals surface area contributed by atoms with Gasteiger partial charge in [-0.25, -0.2) is 9.97 Å². The lowest BCUT2D eigenvalue weighted by Gasteiger charge is -2.14. The summed E-state index contributed by atoms with van der Waals surface area (Å²) in [7, 11) is 1.59. The summed E-state index contributed by atoms with van der Waals surface area (Å²) in [5.41, 5.74) is 4.98. The van der Waals surface area contributed by atoms with Crippen molar-refractivity contribution >= 4 is 45.3 Å². The van der Waals surface area contributed by atoms with Crippen LogP contribution in [0.15, 0.2) is 46.0 Å². The number of nitrogens with one attached hydrogen (secondary N) is 1. The Balaban J connectivity index is 1.59. The van der Waals surface area contributed by atoms with Crippen molar-refractivity contribution in [3.8, 4) is 5.75 Å². The minimum absolute atomic E-state index is 0.159. The molecule has 1 unspecified atom stereocenters. The molecule has 2 aromatic carbocycles. The Morgan fingerprint density at radius 2 is 1.77 bits per heavy atom. The molecule has 0 bridgehead atoms. The van der Waals surface area contributed by atoms with Gasteiger partial charge in [-0.05, 0) is 45.4 Å². The van der Waals surface area contributed by atoms with Gasteiger partial charge < -0.3 is 14.5 Å². The van der Waals surface area contributed by atoms with Crippen LogP contribution in [0.2, 0.25) is 0 Å². The Hall–Kier alpha value is -3.06. The first-order valence-electron chi connectivity index (χ1n) is 9.66. The van der Waals surface area contributed by atoms with Gasteiger partial charge in [0.2, 0.25) is 5.91 Å². The Labute approximate surface area is 179 Å². The van der Waals surface area contributed by atoms with Crippen molar-refractivity contribution in [3.05, 3.63) is 53.3 Å². The van der Waals surface area contributed by atoms with E-state index in [1.54, 1.807) is 13.2 Å². The molecule has 0 saturated carbocycles. The van der Waals surface area contributed by atoms with E-state index >= 15 is 0 Å². The second kappa shape index (κ2) is 7.99. The average Bonchev–Trinajstić information content (AvgIpc) is 3.08. The molecule has 0 saturated heterocycles. The van der Waals surface area contributed by atoms with E-state index in [0.29, 0.717) is 22.2 Å². The number of methoxy groups -OCH3 is 1. The fraction of sp³-hybridized carbons (Fsp3) is 0.261. The summed E-state index contributed by atoms with van der Waals surface area (Å²) in [6, 6.07) is 11.5. The third-order valence-corrected chi connectivity index (χ3v) is 6.18. The fourth-order valence-corrected chi connectivity index (χ4v) is 4.12. The number of furan rings is 1. The van der Waals surface area contributed by atoms with E-state index in [2.05, 4.69) is 15.3 Å². The van der Waals surface area contributed by atoms with Crippen LogP contribution in [0.25, 0.3) is 21.9 Å². The minimum Gasteiger partial charge on any atom is -0.495 e. The molecule has 0 aliphatic carbocycles. The van der Waals surface area contributed by atoms with Crippen LogP contribution >= 0.6 is 11.8 Å². The van der Waals surface area contributed by atoms with Crippen LogP contribution in [0.1, 0.15) is 23.9 Å². The molecule has 154 valence electrons. The van der Waals surface area contributed by atoms with E-state index in [0.717, 1.165) is 33.3 Å². The smallest absolute Gasteiger partial charge is 0.237 e. The summed E-state index contributed by atoms with van der Waals surface area (Å²) in [5, 5.41) is 5.12. The number of thioether (sulfide) groups is 1. The number of hydrogen-bond donors (Lipinski definition) is 1. The monoisotopic (exact) mass is 421 g/mol. The van der Waals surface area contributed by atoms with Crippen molar-refractivity contribution in [2.24, 2.45) is 0 Å². The Kier molecular flexibility index (Phi) is 5.39. The van der Waals surface area contributed by atoms with Gasteiger partial charge in [0.05, 0.1) is 18.0 Å². The predicted octanol–water partition coefficient (Wildman–Crippen LogP) is 5.43. The summed E-state index contributed by atoms with van der Waals surface area (Å²) in [6.45, 7) is 7.73. The minimum atomic E-state index is -0.386. The van der Waals surface area contributed by atoms with Gasteiger partial charge in [0, 0.05) is 28.2 Å². The zero-order chi connectivity index (χ0) is 21.4. The van der Waals surface area contributed by atoms with E-state index in [4.69, 9.17) is 9.15 Å². The summed E-state index contributed by atoms with van der Waals surface area (Å²) < 4.78 is 11.5. The highest BCUT2D eigenvalue weighted by Crippen LogP contribution is 2.36. The average molecular weight is 422 g/mol. The summed E-state index contributed by atoms with van der Waals surface area (Å²) >= 11 is 1.33. The molecule has 0 fully saturated rings. The molecule has 1 N–H and O–H groups in total. The third kappa shape index (κ3) is 3.73. The van der Waals surface area contributed by atoms with E-state index < -0.39 is 0 Å². The molecule has 0 aliphatic rings. The first kappa shape index (κ1) is 20.2. The molecule has 4 aromatic rings. The van der Waals surface area contributed by atoms with Crippen LogP contribution in [-0.2, 0) is 4.79 Å². The quantitative estimate of drug-likeness (QED) is 0.342. The first-order chi connectivity index (χ1) is 14.4. The van der Waals surface area contributed by atoms with Crippen LogP contribution in [0, 0.1) is 20.8 Å². The fourth-order valence-electron chi connectivity index (χ4n) is 3.26. The number of aryl methyl sites for hydroxylation is 2. The highest BCUT2D eigenvalue weighted by atomic mass is 32.2. The number of anilines is 1. The number of ether oxygens (including phenoxy) is 1. The molecular formula is C23H23N3O3S. The lowest BCUT2D eigenvalue weighted by Crippen LogP contribution is -2.23. The van der Waals surface area contributed by atoms with Crippen molar-refractivity contribution in [1.82, 2.24) is 9.97 Å². The normalized spacial score (nSPS) is 12.3. The van der Waals surface area contributed by atoms with Crippen molar-refractivity contribution < 1.29 is 13.9 Å². The lowest BCUT2D eigenvalue weighted by atomic mass is 10.1. The topological polar surface area (TPSA) is 77.2 Å². The summed E-state index contributed by atoms with van der Waals surface area (Å²) in [4.78, 5) is 21.8. The highest BCUT2D eigenvalue weighted by Gasteiger charge is 2.20. The van der Waals surface area contributed by atoms with E-state index in [1.165, 1.54) is 11.8 Å². The molecule has 30 heavy (non-hydrogen) atoms. The number of carbonyl (C=O) groups is 1. The number of aromatic nitrogens is 2. The number of rotatable bonds is 5. The van der Waals surface area contributed by atoms with Crippen LogP contribution < -0.4 is 10.1 Å². The number of para-hydroxylation sites is 1. The Morgan fingerprint density at radius 3 is 2.47 bits per heavy atom. The second-order valence-electron chi connectivity index (χ2n) is 7.20. The van der Waals surface area contributed by atoms with Gasteiger partial charge in [-0.3, -0.25) is 4.79 Å². The van der Waals surface area contributed by atoms with Crippen LogP contribution in [0.3, 0.4) is 0 Å². The van der Waals surface area contributed by atoms with Gasteiger partial charge >= 0.3 is 0 Å².